The fourth-order valence-corrected chi connectivity index (χ4v) is 6.51. The lowest BCUT2D eigenvalue weighted by Crippen LogP contribution is -2.40. The van der Waals surface area contributed by atoms with Crippen molar-refractivity contribution in [2.75, 3.05) is 12.5 Å². The van der Waals surface area contributed by atoms with E-state index in [-0.39, 0.29) is 6.29 Å². The highest BCUT2D eigenvalue weighted by Crippen LogP contribution is 2.47. The normalized spacial score (nSPS) is 14.0. The first-order valence-electron chi connectivity index (χ1n) is 7.72. The van der Waals surface area contributed by atoms with Gasteiger partial charge in [0.15, 0.2) is 7.14 Å². The van der Waals surface area contributed by atoms with Crippen LogP contribution >= 0.6 is 18.9 Å². The molecule has 0 spiro atoms. The van der Waals surface area contributed by atoms with Gasteiger partial charge < -0.3 is 4.57 Å². The van der Waals surface area contributed by atoms with Gasteiger partial charge >= 0.3 is 0 Å². The van der Waals surface area contributed by atoms with Crippen LogP contribution in [0.4, 0.5) is 0 Å². The zero-order valence-corrected chi connectivity index (χ0v) is 16.2. The van der Waals surface area contributed by atoms with Crippen LogP contribution in [-0.4, -0.2) is 23.1 Å². The molecule has 24 heavy (non-hydrogen) atoms. The van der Waals surface area contributed by atoms with Crippen LogP contribution in [0.3, 0.4) is 0 Å². The summed E-state index contributed by atoms with van der Waals surface area (Å²) in [5, 5.41) is 6.06. The van der Waals surface area contributed by atoms with Crippen LogP contribution in [0.15, 0.2) is 64.8 Å². The molecule has 0 aromatic heterocycles. The Morgan fingerprint density at radius 2 is 1.62 bits per heavy atom. The Morgan fingerprint density at radius 3 is 2.17 bits per heavy atom. The molecule has 1 unspecified atom stereocenters. The third kappa shape index (κ3) is 3.90. The summed E-state index contributed by atoms with van der Waals surface area (Å²) in [6.45, 7) is 5.68. The quantitative estimate of drug-likeness (QED) is 0.329. The molecular formula is C18H23N2O2PS. The first kappa shape index (κ1) is 18.8. The van der Waals surface area contributed by atoms with E-state index in [0.717, 1.165) is 15.5 Å². The fraction of sp³-hybridized carbons (Fsp3) is 0.333. The summed E-state index contributed by atoms with van der Waals surface area (Å²) in [5.41, 5.74) is -0.500. The minimum absolute atomic E-state index is 0.0849. The second-order valence-corrected chi connectivity index (χ2v) is 10.1. The molecule has 0 fully saturated rings. The summed E-state index contributed by atoms with van der Waals surface area (Å²) in [6, 6.07) is 17.1. The van der Waals surface area contributed by atoms with Gasteiger partial charge in [-0.15, -0.1) is 16.7 Å². The van der Waals surface area contributed by atoms with Crippen molar-refractivity contribution in [1.82, 2.24) is 5.01 Å². The predicted octanol–water partition coefficient (Wildman–Crippen LogP) is 4.46. The Bertz CT molecular complexity index is 744. The minimum Gasteiger partial charge on any atom is -0.312 e. The second-order valence-electron chi connectivity index (χ2n) is 6.54. The van der Waals surface area contributed by atoms with Crippen molar-refractivity contribution in [3.8, 4) is 0 Å². The van der Waals surface area contributed by atoms with E-state index in [9.17, 15) is 9.47 Å². The van der Waals surface area contributed by atoms with Crippen molar-refractivity contribution in [2.24, 2.45) is 5.29 Å². The minimum atomic E-state index is -3.04. The molecule has 128 valence electrons. The van der Waals surface area contributed by atoms with Gasteiger partial charge in [-0.1, -0.05) is 42.5 Å². The third-order valence-electron chi connectivity index (χ3n) is 3.85. The molecule has 0 bridgehead atoms. The van der Waals surface area contributed by atoms with Crippen molar-refractivity contribution >= 4 is 29.5 Å². The average Bonchev–Trinajstić information content (AvgIpc) is 2.59. The van der Waals surface area contributed by atoms with Crippen LogP contribution in [0.5, 0.6) is 0 Å². The number of nitrogens with zero attached hydrogens (tertiary/aromatic N) is 2. The smallest absolute Gasteiger partial charge is 0.164 e. The molecule has 0 amide bonds. The van der Waals surface area contributed by atoms with Crippen LogP contribution in [0.1, 0.15) is 20.8 Å². The molecule has 0 aliphatic carbocycles. The van der Waals surface area contributed by atoms with Crippen LogP contribution in [0, 0.1) is 4.91 Å². The third-order valence-corrected chi connectivity index (χ3v) is 7.77. The summed E-state index contributed by atoms with van der Waals surface area (Å²) in [5.74, 6) is 0. The maximum absolute atomic E-state index is 14.2. The largest absolute Gasteiger partial charge is 0.312 e. The molecule has 2 aromatic rings. The lowest BCUT2D eigenvalue weighted by Gasteiger charge is -2.33. The molecule has 0 aliphatic rings. The van der Waals surface area contributed by atoms with Crippen LogP contribution < -0.4 is 10.6 Å². The monoisotopic (exact) mass is 362 g/mol. The van der Waals surface area contributed by atoms with E-state index >= 15 is 0 Å². The molecule has 0 saturated carbocycles. The van der Waals surface area contributed by atoms with Crippen molar-refractivity contribution < 1.29 is 4.57 Å². The number of nitroso groups, excluding NO2 is 1. The van der Waals surface area contributed by atoms with E-state index in [1.807, 2.05) is 81.6 Å². The van der Waals surface area contributed by atoms with E-state index in [1.54, 1.807) is 11.8 Å². The maximum Gasteiger partial charge on any atom is 0.164 e. The molecule has 4 nitrogen and oxygen atoms in total. The highest BCUT2D eigenvalue weighted by molar-refractivity contribution is 7.99. The average molecular weight is 362 g/mol. The van der Waals surface area contributed by atoms with Crippen molar-refractivity contribution in [3.63, 3.8) is 0 Å². The van der Waals surface area contributed by atoms with Crippen LogP contribution in [0.2, 0.25) is 0 Å². The first-order valence-corrected chi connectivity index (χ1v) is 10.8. The highest BCUT2D eigenvalue weighted by atomic mass is 32.2. The number of hydrogen-bond acceptors (Lipinski definition) is 4. The number of benzene rings is 2. The van der Waals surface area contributed by atoms with Gasteiger partial charge in [0, 0.05) is 15.5 Å². The lowest BCUT2D eigenvalue weighted by atomic mass is 10.1. The molecule has 0 heterocycles. The van der Waals surface area contributed by atoms with E-state index in [2.05, 4.69) is 5.29 Å². The maximum atomic E-state index is 14.2. The second kappa shape index (κ2) is 7.54. The van der Waals surface area contributed by atoms with Crippen molar-refractivity contribution in [1.29, 1.82) is 0 Å². The summed E-state index contributed by atoms with van der Waals surface area (Å²) >= 11 is 1.56. The first-order chi connectivity index (χ1) is 11.3. The van der Waals surface area contributed by atoms with Crippen molar-refractivity contribution in [3.05, 3.63) is 59.5 Å². The summed E-state index contributed by atoms with van der Waals surface area (Å²) in [7, 11) is -3.04. The number of thioether (sulfide) groups is 1. The van der Waals surface area contributed by atoms with Gasteiger partial charge in [0.05, 0.1) is 10.8 Å². The lowest BCUT2D eigenvalue weighted by molar-refractivity contribution is 0.167. The van der Waals surface area contributed by atoms with Gasteiger partial charge in [0.25, 0.3) is 0 Å². The summed E-state index contributed by atoms with van der Waals surface area (Å²) < 4.78 is 14.2. The van der Waals surface area contributed by atoms with E-state index in [0.29, 0.717) is 0 Å². The van der Waals surface area contributed by atoms with Gasteiger partial charge in [0.1, 0.15) is 6.29 Å². The molecule has 0 aliphatic heterocycles. The van der Waals surface area contributed by atoms with Gasteiger partial charge in [-0.05, 0) is 39.2 Å². The fourth-order valence-electron chi connectivity index (χ4n) is 2.44. The summed E-state index contributed by atoms with van der Waals surface area (Å²) in [6.07, 6.45) is 2.05. The zero-order chi connectivity index (χ0) is 17.8. The van der Waals surface area contributed by atoms with Gasteiger partial charge in [0.2, 0.25) is 0 Å². The topological polar surface area (TPSA) is 49.7 Å². The highest BCUT2D eigenvalue weighted by Gasteiger charge is 2.35. The Morgan fingerprint density at radius 1 is 1.04 bits per heavy atom. The molecule has 0 N–H and O–H groups in total. The molecule has 1 atom stereocenters. The Kier molecular flexibility index (Phi) is 5.89. The number of rotatable bonds is 6. The van der Waals surface area contributed by atoms with Gasteiger partial charge in [-0.2, -0.15) is 0 Å². The Labute approximate surface area is 148 Å². The van der Waals surface area contributed by atoms with Crippen LogP contribution in [-0.2, 0) is 4.57 Å². The molecule has 0 radical (unpaired) electrons. The number of hydrogen-bond donors (Lipinski definition) is 0. The van der Waals surface area contributed by atoms with Gasteiger partial charge in [-0.3, -0.25) is 0 Å². The standard InChI is InChI=1S/C18H23N2O2PS/c1-18(2,3)20(19-21)14-23(22,15-10-6-5-7-11-15)16-12-8-9-13-17(16)24-4/h5-13H,14H2,1-4H3. The molecule has 6 heteroatoms. The molecule has 0 saturated heterocycles. The summed E-state index contributed by atoms with van der Waals surface area (Å²) in [4.78, 5) is 12.4. The van der Waals surface area contributed by atoms with E-state index in [1.165, 1.54) is 5.01 Å². The van der Waals surface area contributed by atoms with Crippen LogP contribution in [0.25, 0.3) is 0 Å². The Balaban J connectivity index is 2.63. The van der Waals surface area contributed by atoms with Gasteiger partial charge in [-0.25, -0.2) is 5.01 Å². The SMILES string of the molecule is CSc1ccccc1P(=O)(CN(N=O)C(C)(C)C)c1ccccc1. The molecule has 2 rings (SSSR count). The molecule has 2 aromatic carbocycles. The van der Waals surface area contributed by atoms with Crippen molar-refractivity contribution in [2.45, 2.75) is 31.2 Å². The zero-order valence-electron chi connectivity index (χ0n) is 14.5. The van der Waals surface area contributed by atoms with E-state index < -0.39 is 12.7 Å². The Hall–Kier alpha value is -1.58. The van der Waals surface area contributed by atoms with E-state index in [4.69, 9.17) is 0 Å². The molecular weight excluding hydrogens is 339 g/mol. The predicted molar refractivity (Wildman–Crippen MR) is 104 cm³/mol.